The molecule has 0 bridgehead atoms. The molecule has 0 spiro atoms. The van der Waals surface area contributed by atoms with Gasteiger partial charge in [0.25, 0.3) is 0 Å². The van der Waals surface area contributed by atoms with Crippen LogP contribution >= 0.6 is 0 Å². The largest absolute Gasteiger partial charge is 0.310 e. The highest BCUT2D eigenvalue weighted by Crippen LogP contribution is 2.52. The summed E-state index contributed by atoms with van der Waals surface area (Å²) in [5.74, 6) is 0. The van der Waals surface area contributed by atoms with Gasteiger partial charge < -0.3 is 9.47 Å². The number of nitrogens with zero attached hydrogens (tertiary/aromatic N) is 2. The average molecular weight is 779 g/mol. The molecular formula is C59H42N2. The van der Waals surface area contributed by atoms with Crippen LogP contribution in [0, 0.1) is 0 Å². The minimum atomic E-state index is -0.143. The Bertz CT molecular complexity index is 3500. The highest BCUT2D eigenvalue weighted by Gasteiger charge is 2.38. The van der Waals surface area contributed by atoms with Crippen molar-refractivity contribution >= 4 is 60.4 Å². The van der Waals surface area contributed by atoms with Crippen molar-refractivity contribution in [2.24, 2.45) is 0 Å². The lowest BCUT2D eigenvalue weighted by Crippen LogP contribution is -2.17. The minimum Gasteiger partial charge on any atom is -0.310 e. The lowest BCUT2D eigenvalue weighted by Gasteiger charge is -2.26. The zero-order chi connectivity index (χ0) is 40.7. The normalized spacial score (nSPS) is 12.9. The van der Waals surface area contributed by atoms with E-state index in [0.717, 1.165) is 17.1 Å². The summed E-state index contributed by atoms with van der Waals surface area (Å²) in [6.07, 6.45) is 0. The SMILES string of the molecule is CC1(C)c2ccccc2-c2cccc(-n3c4ccccc4c4c(-c5cccc(N(c6ccccc6)c6ccc(-c7ccc8c(ccc9ccccc98)c7)cc6)c5)cccc43)c21. The fourth-order valence-corrected chi connectivity index (χ4v) is 10.4. The second-order valence-electron chi connectivity index (χ2n) is 16.9. The first-order valence-corrected chi connectivity index (χ1v) is 21.3. The van der Waals surface area contributed by atoms with E-state index < -0.39 is 0 Å². The molecule has 0 saturated heterocycles. The Hall–Kier alpha value is -7.68. The van der Waals surface area contributed by atoms with Crippen LogP contribution in [0.2, 0.25) is 0 Å². The third-order valence-corrected chi connectivity index (χ3v) is 13.1. The summed E-state index contributed by atoms with van der Waals surface area (Å²) in [7, 11) is 0. The number of rotatable bonds is 6. The van der Waals surface area contributed by atoms with Gasteiger partial charge in [-0.25, -0.2) is 0 Å². The molecule has 2 heteroatoms. The van der Waals surface area contributed by atoms with Crippen molar-refractivity contribution in [2.45, 2.75) is 19.3 Å². The van der Waals surface area contributed by atoms with E-state index in [1.807, 2.05) is 0 Å². The highest BCUT2D eigenvalue weighted by molar-refractivity contribution is 6.16. The molecule has 0 radical (unpaired) electrons. The van der Waals surface area contributed by atoms with E-state index >= 15 is 0 Å². The molecular weight excluding hydrogens is 737 g/mol. The zero-order valence-corrected chi connectivity index (χ0v) is 34.2. The van der Waals surface area contributed by atoms with Crippen LogP contribution in [-0.4, -0.2) is 4.57 Å². The fraction of sp³-hybridized carbons (Fsp3) is 0.0508. The lowest BCUT2D eigenvalue weighted by atomic mass is 9.81. The summed E-state index contributed by atoms with van der Waals surface area (Å²) < 4.78 is 2.51. The highest BCUT2D eigenvalue weighted by atomic mass is 15.1. The molecule has 1 heterocycles. The van der Waals surface area contributed by atoms with E-state index in [4.69, 9.17) is 0 Å². The number of hydrogen-bond donors (Lipinski definition) is 0. The van der Waals surface area contributed by atoms with Crippen LogP contribution < -0.4 is 4.90 Å². The van der Waals surface area contributed by atoms with E-state index in [1.165, 1.54) is 93.5 Å². The van der Waals surface area contributed by atoms with Gasteiger partial charge in [0.05, 0.1) is 16.7 Å². The molecule has 0 saturated carbocycles. The van der Waals surface area contributed by atoms with Gasteiger partial charge in [-0.3, -0.25) is 0 Å². The second-order valence-corrected chi connectivity index (χ2v) is 16.9. The third-order valence-electron chi connectivity index (χ3n) is 13.1. The Morgan fingerprint density at radius 3 is 1.89 bits per heavy atom. The van der Waals surface area contributed by atoms with Gasteiger partial charge in [-0.05, 0) is 127 Å². The van der Waals surface area contributed by atoms with Crippen LogP contribution in [0.15, 0.2) is 218 Å². The van der Waals surface area contributed by atoms with Crippen molar-refractivity contribution < 1.29 is 0 Å². The van der Waals surface area contributed by atoms with E-state index in [-0.39, 0.29) is 5.41 Å². The summed E-state index contributed by atoms with van der Waals surface area (Å²) in [5.41, 5.74) is 17.1. The van der Waals surface area contributed by atoms with E-state index in [9.17, 15) is 0 Å². The molecule has 0 amide bonds. The molecule has 12 rings (SSSR count). The second kappa shape index (κ2) is 13.7. The van der Waals surface area contributed by atoms with Crippen molar-refractivity contribution in [1.29, 1.82) is 0 Å². The Balaban J connectivity index is 0.975. The summed E-state index contributed by atoms with van der Waals surface area (Å²) in [6.45, 7) is 4.76. The van der Waals surface area contributed by atoms with Gasteiger partial charge in [0.1, 0.15) is 0 Å². The molecule has 1 aliphatic carbocycles. The summed E-state index contributed by atoms with van der Waals surface area (Å²) in [5, 5.41) is 7.61. The average Bonchev–Trinajstić information content (AvgIpc) is 3.78. The molecule has 1 aliphatic rings. The summed E-state index contributed by atoms with van der Waals surface area (Å²) >= 11 is 0. The topological polar surface area (TPSA) is 8.17 Å². The number of anilines is 3. The quantitative estimate of drug-likeness (QED) is 0.153. The van der Waals surface area contributed by atoms with Crippen LogP contribution in [0.3, 0.4) is 0 Å². The summed E-state index contributed by atoms with van der Waals surface area (Å²) in [6, 6.07) is 80.2. The smallest absolute Gasteiger partial charge is 0.0547 e. The van der Waals surface area contributed by atoms with Gasteiger partial charge in [0.2, 0.25) is 0 Å². The van der Waals surface area contributed by atoms with Gasteiger partial charge in [-0.1, -0.05) is 172 Å². The standard InChI is InChI=1S/C59H42N2/c1-59(2)53-25-10-8-21-50(53)51-24-14-28-56(58(51)59)61-54-26-11-9-22-52(54)57-49(23-13-27-55(57)61)42-16-12-19-46(38-42)60(44-17-4-3-5-18-44)45-34-31-39(32-35-45)41-33-36-48-43(37-41)30-29-40-15-6-7-20-47(40)48/h3-38H,1-2H3. The van der Waals surface area contributed by atoms with Gasteiger partial charge in [-0.2, -0.15) is 0 Å². The molecule has 0 atom stereocenters. The zero-order valence-electron chi connectivity index (χ0n) is 34.2. The predicted molar refractivity (Wildman–Crippen MR) is 259 cm³/mol. The molecule has 11 aromatic rings. The Labute approximate surface area is 356 Å². The van der Waals surface area contributed by atoms with Crippen LogP contribution in [0.1, 0.15) is 25.0 Å². The third kappa shape index (κ3) is 5.49. The lowest BCUT2D eigenvalue weighted by molar-refractivity contribution is 0.656. The van der Waals surface area contributed by atoms with Gasteiger partial charge in [0.15, 0.2) is 0 Å². The fourth-order valence-electron chi connectivity index (χ4n) is 10.4. The first-order chi connectivity index (χ1) is 30.0. The molecule has 0 unspecified atom stereocenters. The van der Waals surface area contributed by atoms with Crippen molar-refractivity contribution in [3.8, 4) is 39.1 Å². The van der Waals surface area contributed by atoms with E-state index in [1.54, 1.807) is 0 Å². The Morgan fingerprint density at radius 2 is 1.00 bits per heavy atom. The van der Waals surface area contributed by atoms with Crippen LogP contribution in [0.25, 0.3) is 82.4 Å². The molecule has 1 aromatic heterocycles. The molecule has 0 aliphatic heterocycles. The molecule has 288 valence electrons. The maximum Gasteiger partial charge on any atom is 0.0547 e. The van der Waals surface area contributed by atoms with Crippen LogP contribution in [0.5, 0.6) is 0 Å². The first-order valence-electron chi connectivity index (χ1n) is 21.3. The molecule has 0 N–H and O–H groups in total. The van der Waals surface area contributed by atoms with E-state index in [2.05, 4.69) is 242 Å². The Morgan fingerprint density at radius 1 is 0.377 bits per heavy atom. The van der Waals surface area contributed by atoms with Gasteiger partial charge >= 0.3 is 0 Å². The van der Waals surface area contributed by atoms with Crippen LogP contribution in [-0.2, 0) is 5.41 Å². The van der Waals surface area contributed by atoms with Crippen molar-refractivity contribution in [3.05, 3.63) is 230 Å². The first kappa shape index (κ1) is 35.3. The van der Waals surface area contributed by atoms with Crippen molar-refractivity contribution in [1.82, 2.24) is 4.57 Å². The van der Waals surface area contributed by atoms with Crippen molar-refractivity contribution in [2.75, 3.05) is 4.90 Å². The van der Waals surface area contributed by atoms with Crippen LogP contribution in [0.4, 0.5) is 17.1 Å². The maximum absolute atomic E-state index is 2.51. The predicted octanol–water partition coefficient (Wildman–Crippen LogP) is 16.2. The Kier molecular flexibility index (Phi) is 7.92. The minimum absolute atomic E-state index is 0.143. The number of para-hydroxylation sites is 2. The monoisotopic (exact) mass is 778 g/mol. The van der Waals surface area contributed by atoms with Crippen molar-refractivity contribution in [3.63, 3.8) is 0 Å². The molecule has 61 heavy (non-hydrogen) atoms. The number of fused-ring (bicyclic) bond motifs is 9. The number of benzene rings is 10. The van der Waals surface area contributed by atoms with Gasteiger partial charge in [-0.15, -0.1) is 0 Å². The van der Waals surface area contributed by atoms with E-state index in [0.29, 0.717) is 0 Å². The molecule has 10 aromatic carbocycles. The maximum atomic E-state index is 2.51. The number of aromatic nitrogens is 1. The number of hydrogen-bond acceptors (Lipinski definition) is 1. The summed E-state index contributed by atoms with van der Waals surface area (Å²) in [4.78, 5) is 2.37. The molecule has 2 nitrogen and oxygen atoms in total. The van der Waals surface area contributed by atoms with Gasteiger partial charge in [0, 0.05) is 33.2 Å². The molecule has 0 fully saturated rings.